The molecule has 3 aromatic rings. The van der Waals surface area contributed by atoms with Crippen molar-refractivity contribution in [2.24, 2.45) is 7.05 Å². The van der Waals surface area contributed by atoms with Crippen LogP contribution < -0.4 is 10.2 Å². The van der Waals surface area contributed by atoms with Crippen LogP contribution in [0.5, 0.6) is 0 Å². The van der Waals surface area contributed by atoms with E-state index in [1.165, 1.54) is 17.4 Å². The Balaban J connectivity index is 1.28. The van der Waals surface area contributed by atoms with E-state index in [1.54, 1.807) is 24.3 Å². The van der Waals surface area contributed by atoms with Gasteiger partial charge in [-0.1, -0.05) is 47.6 Å². The molecule has 1 aromatic heterocycles. The number of carbonyl (C=O) groups excluding carboxylic acids is 2. The van der Waals surface area contributed by atoms with Crippen molar-refractivity contribution in [1.29, 1.82) is 0 Å². The molecule has 1 atom stereocenters. The number of nitrogens with one attached hydrogen (secondary N) is 1. The zero-order valence-electron chi connectivity index (χ0n) is 19.1. The van der Waals surface area contributed by atoms with E-state index in [-0.39, 0.29) is 17.9 Å². The minimum absolute atomic E-state index is 0.0876. The number of anilines is 1. The maximum absolute atomic E-state index is 12.8. The number of aromatic nitrogens is 3. The van der Waals surface area contributed by atoms with Gasteiger partial charge in [0.25, 0.3) is 5.91 Å². The summed E-state index contributed by atoms with van der Waals surface area (Å²) >= 11 is 7.34. The van der Waals surface area contributed by atoms with Crippen LogP contribution in [0.2, 0.25) is 5.02 Å². The summed E-state index contributed by atoms with van der Waals surface area (Å²) in [5.41, 5.74) is 1.67. The molecule has 0 spiro atoms. The molecule has 1 saturated heterocycles. The molecule has 10 heteroatoms. The first kappa shape index (κ1) is 24.1. The predicted molar refractivity (Wildman–Crippen MR) is 134 cm³/mol. The van der Waals surface area contributed by atoms with Crippen molar-refractivity contribution < 1.29 is 9.59 Å². The normalized spacial score (nSPS) is 14.7. The van der Waals surface area contributed by atoms with E-state index in [9.17, 15) is 9.59 Å². The molecule has 0 radical (unpaired) electrons. The highest BCUT2D eigenvalue weighted by Gasteiger charge is 2.23. The number of hydrogen-bond acceptors (Lipinski definition) is 6. The number of thioether (sulfide) groups is 1. The van der Waals surface area contributed by atoms with Crippen molar-refractivity contribution in [3.8, 4) is 0 Å². The number of nitrogens with zero attached hydrogens (tertiary/aromatic N) is 5. The van der Waals surface area contributed by atoms with Gasteiger partial charge in [-0.2, -0.15) is 0 Å². The van der Waals surface area contributed by atoms with Crippen LogP contribution in [0, 0.1) is 0 Å². The molecule has 178 valence electrons. The number of benzene rings is 2. The number of para-hydroxylation sites is 1. The van der Waals surface area contributed by atoms with E-state index >= 15 is 0 Å². The van der Waals surface area contributed by atoms with Gasteiger partial charge in [-0.25, -0.2) is 0 Å². The van der Waals surface area contributed by atoms with Crippen molar-refractivity contribution in [3.05, 3.63) is 71.0 Å². The van der Waals surface area contributed by atoms with E-state index in [0.29, 0.717) is 40.4 Å². The van der Waals surface area contributed by atoms with Gasteiger partial charge < -0.3 is 19.7 Å². The van der Waals surface area contributed by atoms with Gasteiger partial charge in [0.1, 0.15) is 0 Å². The highest BCUT2D eigenvalue weighted by atomic mass is 35.5. The van der Waals surface area contributed by atoms with E-state index in [1.807, 2.05) is 41.6 Å². The molecule has 2 amide bonds. The minimum Gasteiger partial charge on any atom is -0.368 e. The van der Waals surface area contributed by atoms with Gasteiger partial charge in [0.15, 0.2) is 11.0 Å². The van der Waals surface area contributed by atoms with Crippen LogP contribution in [0.4, 0.5) is 5.69 Å². The molecule has 0 bridgehead atoms. The average Bonchev–Trinajstić information content (AvgIpc) is 3.23. The van der Waals surface area contributed by atoms with Crippen molar-refractivity contribution in [1.82, 2.24) is 25.0 Å². The largest absolute Gasteiger partial charge is 0.368 e. The third kappa shape index (κ3) is 5.71. The standard InChI is InChI=1S/C24H27ClN6O2S/c1-17(26-23(33)18-7-6-8-19(25)15-18)22-27-28-24(29(22)2)34-16-21(32)31-13-11-30(12-14-31)20-9-4-3-5-10-20/h3-10,15,17H,11-14,16H2,1-2H3,(H,26,33)/t17-/m1/s1. The summed E-state index contributed by atoms with van der Waals surface area (Å²) in [7, 11) is 1.84. The summed E-state index contributed by atoms with van der Waals surface area (Å²) in [4.78, 5) is 29.5. The van der Waals surface area contributed by atoms with Gasteiger partial charge in [-0.05, 0) is 37.3 Å². The quantitative estimate of drug-likeness (QED) is 0.503. The molecule has 1 fully saturated rings. The fourth-order valence-corrected chi connectivity index (χ4v) is 4.88. The fraction of sp³-hybridized carbons (Fsp3) is 0.333. The molecule has 2 aromatic carbocycles. The summed E-state index contributed by atoms with van der Waals surface area (Å²) in [5.74, 6) is 0.754. The third-order valence-electron chi connectivity index (χ3n) is 5.77. The van der Waals surface area contributed by atoms with Crippen molar-refractivity contribution in [2.45, 2.75) is 18.1 Å². The SMILES string of the molecule is C[C@@H](NC(=O)c1cccc(Cl)c1)c1nnc(SCC(=O)N2CCN(c3ccccc3)CC2)n1C. The first-order valence-corrected chi connectivity index (χ1v) is 12.4. The van der Waals surface area contributed by atoms with Crippen LogP contribution in [0.15, 0.2) is 59.8 Å². The van der Waals surface area contributed by atoms with Crippen LogP contribution in [0.1, 0.15) is 29.1 Å². The molecule has 0 aliphatic carbocycles. The summed E-state index contributed by atoms with van der Waals surface area (Å²) in [6, 6.07) is 16.7. The molecule has 8 nitrogen and oxygen atoms in total. The van der Waals surface area contributed by atoms with Gasteiger partial charge in [-0.3, -0.25) is 9.59 Å². The number of piperazine rings is 1. The lowest BCUT2D eigenvalue weighted by Gasteiger charge is -2.36. The average molecular weight is 499 g/mol. The van der Waals surface area contributed by atoms with Gasteiger partial charge >= 0.3 is 0 Å². The van der Waals surface area contributed by atoms with Crippen LogP contribution in [-0.4, -0.2) is 63.4 Å². The van der Waals surface area contributed by atoms with Gasteiger partial charge in [-0.15, -0.1) is 10.2 Å². The molecule has 1 N–H and O–H groups in total. The van der Waals surface area contributed by atoms with Crippen molar-refractivity contribution in [2.75, 3.05) is 36.8 Å². The Morgan fingerprint density at radius 1 is 1.06 bits per heavy atom. The molecule has 0 unspecified atom stereocenters. The fourth-order valence-electron chi connectivity index (χ4n) is 3.87. The molecule has 4 rings (SSSR count). The number of rotatable bonds is 7. The number of halogens is 1. The third-order valence-corrected chi connectivity index (χ3v) is 7.01. The Morgan fingerprint density at radius 3 is 2.50 bits per heavy atom. The van der Waals surface area contributed by atoms with Crippen LogP contribution in [0.3, 0.4) is 0 Å². The second-order valence-electron chi connectivity index (χ2n) is 8.10. The van der Waals surface area contributed by atoms with E-state index in [0.717, 1.165) is 13.1 Å². The van der Waals surface area contributed by atoms with Crippen molar-refractivity contribution >= 4 is 40.9 Å². The maximum atomic E-state index is 12.8. The predicted octanol–water partition coefficient (Wildman–Crippen LogP) is 3.40. The van der Waals surface area contributed by atoms with Crippen LogP contribution in [-0.2, 0) is 11.8 Å². The second-order valence-corrected chi connectivity index (χ2v) is 9.48. The topological polar surface area (TPSA) is 83.4 Å². The summed E-state index contributed by atoms with van der Waals surface area (Å²) in [6.07, 6.45) is 0. The first-order chi connectivity index (χ1) is 16.4. The van der Waals surface area contributed by atoms with E-state index in [2.05, 4.69) is 32.5 Å². The molecule has 0 saturated carbocycles. The summed E-state index contributed by atoms with van der Waals surface area (Å²) in [6.45, 7) is 4.88. The Morgan fingerprint density at radius 2 is 1.79 bits per heavy atom. The zero-order chi connectivity index (χ0) is 24.1. The lowest BCUT2D eigenvalue weighted by molar-refractivity contribution is -0.128. The number of carbonyl (C=O) groups is 2. The molecule has 2 heterocycles. The van der Waals surface area contributed by atoms with Crippen molar-refractivity contribution in [3.63, 3.8) is 0 Å². The summed E-state index contributed by atoms with van der Waals surface area (Å²) in [5, 5.41) is 12.5. The van der Waals surface area contributed by atoms with Crippen LogP contribution in [0.25, 0.3) is 0 Å². The van der Waals surface area contributed by atoms with Gasteiger partial charge in [0.05, 0.1) is 11.8 Å². The Kier molecular flexibility index (Phi) is 7.74. The lowest BCUT2D eigenvalue weighted by atomic mass is 10.2. The smallest absolute Gasteiger partial charge is 0.251 e. The zero-order valence-corrected chi connectivity index (χ0v) is 20.7. The molecular weight excluding hydrogens is 472 g/mol. The molecule has 1 aliphatic heterocycles. The monoisotopic (exact) mass is 498 g/mol. The van der Waals surface area contributed by atoms with Crippen LogP contribution >= 0.6 is 23.4 Å². The minimum atomic E-state index is -0.361. The number of amides is 2. The summed E-state index contributed by atoms with van der Waals surface area (Å²) < 4.78 is 1.81. The lowest BCUT2D eigenvalue weighted by Crippen LogP contribution is -2.49. The maximum Gasteiger partial charge on any atom is 0.251 e. The molecular formula is C24H27ClN6O2S. The Bertz CT molecular complexity index is 1150. The van der Waals surface area contributed by atoms with Gasteiger partial charge in [0.2, 0.25) is 5.91 Å². The first-order valence-electron chi connectivity index (χ1n) is 11.1. The highest BCUT2D eigenvalue weighted by molar-refractivity contribution is 7.99. The van der Waals surface area contributed by atoms with Gasteiger partial charge in [0, 0.05) is 49.5 Å². The molecule has 34 heavy (non-hydrogen) atoms. The van der Waals surface area contributed by atoms with E-state index < -0.39 is 0 Å². The van der Waals surface area contributed by atoms with E-state index in [4.69, 9.17) is 11.6 Å². The Labute approximate surface area is 208 Å². The number of hydrogen-bond donors (Lipinski definition) is 1. The second kappa shape index (κ2) is 10.9. The highest BCUT2D eigenvalue weighted by Crippen LogP contribution is 2.21. The molecule has 1 aliphatic rings. The Hall–Kier alpha value is -3.04.